The highest BCUT2D eigenvalue weighted by atomic mass is 16.5. The van der Waals surface area contributed by atoms with Gasteiger partial charge in [-0.2, -0.15) is 0 Å². The largest absolute Gasteiger partial charge is 0.385 e. The Kier molecular flexibility index (Phi) is 6.26. The molecule has 0 bridgehead atoms. The first-order valence-electron chi connectivity index (χ1n) is 7.78. The number of amides is 1. The van der Waals surface area contributed by atoms with E-state index in [-0.39, 0.29) is 5.91 Å². The van der Waals surface area contributed by atoms with E-state index in [0.29, 0.717) is 19.2 Å². The zero-order valence-corrected chi connectivity index (χ0v) is 13.2. The molecule has 5 nitrogen and oxygen atoms in total. The molecule has 2 rings (SSSR count). The first-order chi connectivity index (χ1) is 10.2. The Balaban J connectivity index is 1.95. The monoisotopic (exact) mass is 293 g/mol. The van der Waals surface area contributed by atoms with Gasteiger partial charge in [0.2, 0.25) is 5.91 Å². The molecule has 1 amide bonds. The number of hydrogen-bond donors (Lipinski definition) is 0. The van der Waals surface area contributed by atoms with Crippen LogP contribution in [0, 0.1) is 0 Å². The molecule has 0 spiro atoms. The fourth-order valence-electron chi connectivity index (χ4n) is 2.92. The second-order valence-corrected chi connectivity index (χ2v) is 5.82. The number of likely N-dealkylation sites (tertiary alicyclic amines) is 1. The molecule has 1 fully saturated rings. The van der Waals surface area contributed by atoms with Gasteiger partial charge in [0.25, 0.3) is 0 Å². The predicted molar refractivity (Wildman–Crippen MR) is 83.2 cm³/mol. The molecule has 21 heavy (non-hydrogen) atoms. The molecule has 1 aliphatic rings. The normalized spacial score (nSPS) is 17.0. The van der Waals surface area contributed by atoms with Crippen molar-refractivity contribution in [1.82, 2.24) is 14.4 Å². The molecular formula is C16H27N3O2. The molecule has 5 heteroatoms. The van der Waals surface area contributed by atoms with Crippen molar-refractivity contribution < 1.29 is 9.53 Å². The maximum atomic E-state index is 12.6. The molecular weight excluding hydrogens is 266 g/mol. The zero-order valence-electron chi connectivity index (χ0n) is 13.2. The van der Waals surface area contributed by atoms with E-state index in [1.54, 1.807) is 7.11 Å². The molecule has 0 atom stereocenters. The van der Waals surface area contributed by atoms with Crippen LogP contribution in [0.1, 0.15) is 19.3 Å². The number of nitrogens with zero attached hydrogens (tertiary/aromatic N) is 3. The van der Waals surface area contributed by atoms with Crippen LogP contribution in [0.25, 0.3) is 0 Å². The first-order valence-corrected chi connectivity index (χ1v) is 7.78. The Morgan fingerprint density at radius 1 is 1.29 bits per heavy atom. The van der Waals surface area contributed by atoms with Crippen molar-refractivity contribution in [1.29, 1.82) is 0 Å². The molecule has 2 heterocycles. The first kappa shape index (κ1) is 16.0. The van der Waals surface area contributed by atoms with Gasteiger partial charge in [0, 0.05) is 38.7 Å². The summed E-state index contributed by atoms with van der Waals surface area (Å²) >= 11 is 0. The van der Waals surface area contributed by atoms with E-state index in [9.17, 15) is 4.79 Å². The molecule has 1 aliphatic heterocycles. The lowest BCUT2D eigenvalue weighted by Crippen LogP contribution is -2.48. The van der Waals surface area contributed by atoms with Gasteiger partial charge < -0.3 is 19.1 Å². The van der Waals surface area contributed by atoms with E-state index in [4.69, 9.17) is 4.74 Å². The SMILES string of the molecule is COCCCN(C(=O)Cn1cccc1)C1CCN(C)CC1. The van der Waals surface area contributed by atoms with Crippen LogP contribution >= 0.6 is 0 Å². The van der Waals surface area contributed by atoms with Gasteiger partial charge >= 0.3 is 0 Å². The summed E-state index contributed by atoms with van der Waals surface area (Å²) in [6.07, 6.45) is 6.93. The lowest BCUT2D eigenvalue weighted by Gasteiger charge is -2.37. The maximum Gasteiger partial charge on any atom is 0.242 e. The highest BCUT2D eigenvalue weighted by Crippen LogP contribution is 2.17. The predicted octanol–water partition coefficient (Wildman–Crippen LogP) is 1.45. The highest BCUT2D eigenvalue weighted by Gasteiger charge is 2.26. The van der Waals surface area contributed by atoms with Crippen molar-refractivity contribution in [2.45, 2.75) is 31.8 Å². The van der Waals surface area contributed by atoms with Crippen LogP contribution in [0.2, 0.25) is 0 Å². The second kappa shape index (κ2) is 8.20. The van der Waals surface area contributed by atoms with Crippen LogP contribution < -0.4 is 0 Å². The van der Waals surface area contributed by atoms with E-state index in [1.807, 2.05) is 29.1 Å². The summed E-state index contributed by atoms with van der Waals surface area (Å²) < 4.78 is 7.08. The standard InChI is InChI=1S/C16H27N3O2/c1-17-11-6-15(7-12-17)19(10-5-13-21-2)16(20)14-18-8-3-4-9-18/h3-4,8-9,15H,5-7,10-14H2,1-2H3. The Morgan fingerprint density at radius 3 is 2.57 bits per heavy atom. The summed E-state index contributed by atoms with van der Waals surface area (Å²) in [5.74, 6) is 0.219. The topological polar surface area (TPSA) is 37.7 Å². The number of hydrogen-bond acceptors (Lipinski definition) is 3. The van der Waals surface area contributed by atoms with Crippen molar-refractivity contribution in [3.63, 3.8) is 0 Å². The molecule has 0 N–H and O–H groups in total. The third kappa shape index (κ3) is 4.86. The Labute approximate surface area is 127 Å². The van der Waals surface area contributed by atoms with E-state index < -0.39 is 0 Å². The quantitative estimate of drug-likeness (QED) is 0.714. The summed E-state index contributed by atoms with van der Waals surface area (Å²) in [5.41, 5.74) is 0. The summed E-state index contributed by atoms with van der Waals surface area (Å²) in [6, 6.07) is 4.29. The summed E-state index contributed by atoms with van der Waals surface area (Å²) in [6.45, 7) is 4.08. The minimum Gasteiger partial charge on any atom is -0.385 e. The summed E-state index contributed by atoms with van der Waals surface area (Å²) in [4.78, 5) is 17.0. The number of carbonyl (C=O) groups is 1. The van der Waals surface area contributed by atoms with Gasteiger partial charge in [0.05, 0.1) is 0 Å². The fourth-order valence-corrected chi connectivity index (χ4v) is 2.92. The molecule has 118 valence electrons. The molecule has 0 saturated carbocycles. The van der Waals surface area contributed by atoms with Crippen LogP contribution in [0.5, 0.6) is 0 Å². The fraction of sp³-hybridized carbons (Fsp3) is 0.688. The highest BCUT2D eigenvalue weighted by molar-refractivity contribution is 5.76. The number of carbonyl (C=O) groups excluding carboxylic acids is 1. The molecule has 0 unspecified atom stereocenters. The third-order valence-electron chi connectivity index (χ3n) is 4.18. The molecule has 0 aromatic carbocycles. The van der Waals surface area contributed by atoms with E-state index in [0.717, 1.165) is 38.9 Å². The molecule has 1 saturated heterocycles. The summed E-state index contributed by atoms with van der Waals surface area (Å²) in [7, 11) is 3.86. The van der Waals surface area contributed by atoms with Crippen LogP contribution in [0.4, 0.5) is 0 Å². The van der Waals surface area contributed by atoms with Crippen molar-refractivity contribution in [3.8, 4) is 0 Å². The van der Waals surface area contributed by atoms with Crippen molar-refractivity contribution >= 4 is 5.91 Å². The van der Waals surface area contributed by atoms with Gasteiger partial charge in [-0.15, -0.1) is 0 Å². The number of methoxy groups -OCH3 is 1. The molecule has 0 radical (unpaired) electrons. The average molecular weight is 293 g/mol. The third-order valence-corrected chi connectivity index (χ3v) is 4.18. The Morgan fingerprint density at radius 2 is 1.95 bits per heavy atom. The number of ether oxygens (including phenoxy) is 1. The van der Waals surface area contributed by atoms with Crippen LogP contribution in [-0.2, 0) is 16.1 Å². The lowest BCUT2D eigenvalue weighted by molar-refractivity contribution is -0.135. The number of piperidine rings is 1. The van der Waals surface area contributed by atoms with Crippen LogP contribution in [-0.4, -0.2) is 66.7 Å². The minimum atomic E-state index is 0.219. The van der Waals surface area contributed by atoms with E-state index >= 15 is 0 Å². The van der Waals surface area contributed by atoms with E-state index in [2.05, 4.69) is 16.8 Å². The van der Waals surface area contributed by atoms with E-state index in [1.165, 1.54) is 0 Å². The molecule has 0 aliphatic carbocycles. The molecule has 1 aromatic rings. The average Bonchev–Trinajstić information content (AvgIpc) is 2.98. The number of aromatic nitrogens is 1. The maximum absolute atomic E-state index is 12.6. The summed E-state index contributed by atoms with van der Waals surface area (Å²) in [5, 5.41) is 0. The Bertz CT molecular complexity index is 411. The van der Waals surface area contributed by atoms with Crippen molar-refractivity contribution in [3.05, 3.63) is 24.5 Å². The lowest BCUT2D eigenvalue weighted by atomic mass is 10.0. The van der Waals surface area contributed by atoms with Crippen molar-refractivity contribution in [2.75, 3.05) is 40.4 Å². The van der Waals surface area contributed by atoms with Gasteiger partial charge in [-0.25, -0.2) is 0 Å². The van der Waals surface area contributed by atoms with Gasteiger partial charge in [-0.05, 0) is 51.5 Å². The Hall–Kier alpha value is -1.33. The van der Waals surface area contributed by atoms with Crippen LogP contribution in [0.3, 0.4) is 0 Å². The van der Waals surface area contributed by atoms with Gasteiger partial charge in [0.15, 0.2) is 0 Å². The second-order valence-electron chi connectivity index (χ2n) is 5.82. The van der Waals surface area contributed by atoms with Gasteiger partial charge in [-0.1, -0.05) is 0 Å². The minimum absolute atomic E-state index is 0.219. The zero-order chi connectivity index (χ0) is 15.1. The molecule has 1 aromatic heterocycles. The van der Waals surface area contributed by atoms with Crippen LogP contribution in [0.15, 0.2) is 24.5 Å². The van der Waals surface area contributed by atoms with Gasteiger partial charge in [-0.3, -0.25) is 4.79 Å². The van der Waals surface area contributed by atoms with Gasteiger partial charge in [0.1, 0.15) is 6.54 Å². The smallest absolute Gasteiger partial charge is 0.242 e. The van der Waals surface area contributed by atoms with Crippen molar-refractivity contribution in [2.24, 2.45) is 0 Å². The number of rotatable bonds is 7.